The van der Waals surface area contributed by atoms with E-state index in [0.717, 1.165) is 0 Å². The van der Waals surface area contributed by atoms with Crippen molar-refractivity contribution in [3.8, 4) is 23.0 Å². The molecule has 1 aliphatic rings. The van der Waals surface area contributed by atoms with Gasteiger partial charge in [-0.2, -0.15) is 0 Å². The van der Waals surface area contributed by atoms with Gasteiger partial charge in [-0.1, -0.05) is 35.5 Å². The molecule has 0 aliphatic carbocycles. The molecule has 11 nitrogen and oxygen atoms in total. The Morgan fingerprint density at radius 1 is 0.977 bits per heavy atom. The van der Waals surface area contributed by atoms with E-state index in [9.17, 15) is 14.0 Å². The monoisotopic (exact) mass is 597 g/mol. The molecule has 0 bridgehead atoms. The van der Waals surface area contributed by atoms with Crippen LogP contribution in [0, 0.1) is 5.82 Å². The molecule has 0 radical (unpaired) electrons. The first-order valence-electron chi connectivity index (χ1n) is 13.7. The van der Waals surface area contributed by atoms with Crippen LogP contribution < -0.4 is 24.3 Å². The number of fused-ring (bicyclic) bond motifs is 2. The number of nitrogens with one attached hydrogen (secondary N) is 1. The van der Waals surface area contributed by atoms with E-state index >= 15 is 0 Å². The Morgan fingerprint density at radius 2 is 1.77 bits per heavy atom. The van der Waals surface area contributed by atoms with Gasteiger partial charge in [0, 0.05) is 12.6 Å². The molecule has 4 aromatic carbocycles. The molecule has 0 fully saturated rings. The normalized spacial score (nSPS) is 12.5. The van der Waals surface area contributed by atoms with Crippen LogP contribution in [0.25, 0.3) is 11.0 Å². The molecule has 6 rings (SSSR count). The summed E-state index contributed by atoms with van der Waals surface area (Å²) in [6.07, 6.45) is 0. The van der Waals surface area contributed by atoms with E-state index in [4.69, 9.17) is 18.9 Å². The number of rotatable bonds is 10. The molecular weight excluding hydrogens is 569 g/mol. The van der Waals surface area contributed by atoms with Crippen LogP contribution in [0.2, 0.25) is 0 Å². The average molecular weight is 598 g/mol. The number of amides is 2. The van der Waals surface area contributed by atoms with Crippen molar-refractivity contribution in [1.29, 1.82) is 0 Å². The first-order valence-corrected chi connectivity index (χ1v) is 13.7. The van der Waals surface area contributed by atoms with E-state index in [1.807, 2.05) is 18.2 Å². The van der Waals surface area contributed by atoms with E-state index in [1.165, 1.54) is 35.9 Å². The highest BCUT2D eigenvalue weighted by molar-refractivity contribution is 5.99. The van der Waals surface area contributed by atoms with Gasteiger partial charge in [-0.05, 0) is 59.7 Å². The summed E-state index contributed by atoms with van der Waals surface area (Å²) in [5.41, 5.74) is 2.75. The number of hydrogen-bond donors (Lipinski definition) is 1. The van der Waals surface area contributed by atoms with Crippen molar-refractivity contribution in [1.82, 2.24) is 19.9 Å². The lowest BCUT2D eigenvalue weighted by Crippen LogP contribution is -2.42. The van der Waals surface area contributed by atoms with Crippen LogP contribution in [0.15, 0.2) is 84.9 Å². The molecule has 224 valence electrons. The van der Waals surface area contributed by atoms with Crippen LogP contribution in [-0.2, 0) is 22.7 Å². The number of benzene rings is 4. The topological polar surface area (TPSA) is 117 Å². The van der Waals surface area contributed by atoms with Gasteiger partial charge in [0.2, 0.25) is 12.7 Å². The second-order valence-corrected chi connectivity index (χ2v) is 9.95. The number of carbonyl (C=O) groups is 2. The Bertz CT molecular complexity index is 1830. The summed E-state index contributed by atoms with van der Waals surface area (Å²) in [5, 5.41) is 11.2. The number of para-hydroxylation sites is 1. The van der Waals surface area contributed by atoms with Gasteiger partial charge in [-0.15, -0.1) is 5.10 Å². The van der Waals surface area contributed by atoms with Crippen LogP contribution in [-0.4, -0.2) is 52.7 Å². The third kappa shape index (κ3) is 5.82. The SMILES string of the molecule is COc1ccc(NC(=O)[C@H](c2ccc3c(c2)OCO3)N(Cc2ccc(F)cc2)C(=O)Cn2nnc3ccccc32)c(OC)c1. The molecule has 0 saturated carbocycles. The molecule has 1 aromatic heterocycles. The molecule has 0 saturated heterocycles. The average Bonchev–Trinajstić information content (AvgIpc) is 3.68. The lowest BCUT2D eigenvalue weighted by Gasteiger charge is -2.32. The number of halogens is 1. The van der Waals surface area contributed by atoms with Crippen molar-refractivity contribution in [2.45, 2.75) is 19.1 Å². The summed E-state index contributed by atoms with van der Waals surface area (Å²) in [4.78, 5) is 29.9. The number of hydrogen-bond acceptors (Lipinski definition) is 8. The van der Waals surface area contributed by atoms with Gasteiger partial charge < -0.3 is 29.2 Å². The van der Waals surface area contributed by atoms with Gasteiger partial charge in [-0.25, -0.2) is 9.07 Å². The molecule has 0 spiro atoms. The fraction of sp³-hybridized carbons (Fsp3) is 0.188. The summed E-state index contributed by atoms with van der Waals surface area (Å²) < 4.78 is 37.2. The van der Waals surface area contributed by atoms with E-state index in [2.05, 4.69) is 15.6 Å². The minimum atomic E-state index is -1.16. The summed E-state index contributed by atoms with van der Waals surface area (Å²) >= 11 is 0. The Morgan fingerprint density at radius 3 is 2.57 bits per heavy atom. The Hall–Kier alpha value is -5.65. The first-order chi connectivity index (χ1) is 21.4. The lowest BCUT2D eigenvalue weighted by atomic mass is 10.0. The van der Waals surface area contributed by atoms with Crippen molar-refractivity contribution in [2.75, 3.05) is 26.3 Å². The molecule has 5 aromatic rings. The van der Waals surface area contributed by atoms with Crippen molar-refractivity contribution in [3.63, 3.8) is 0 Å². The molecule has 2 heterocycles. The fourth-order valence-electron chi connectivity index (χ4n) is 5.02. The third-order valence-electron chi connectivity index (χ3n) is 7.23. The van der Waals surface area contributed by atoms with Crippen molar-refractivity contribution < 1.29 is 32.9 Å². The molecule has 44 heavy (non-hydrogen) atoms. The number of methoxy groups -OCH3 is 2. The first kappa shape index (κ1) is 28.5. The van der Waals surface area contributed by atoms with Gasteiger partial charge >= 0.3 is 0 Å². The largest absolute Gasteiger partial charge is 0.497 e. The van der Waals surface area contributed by atoms with E-state index in [1.54, 1.807) is 54.6 Å². The maximum absolute atomic E-state index is 14.3. The zero-order valence-electron chi connectivity index (χ0n) is 23.9. The summed E-state index contributed by atoms with van der Waals surface area (Å²) in [6.45, 7) is -0.184. The number of aromatic nitrogens is 3. The van der Waals surface area contributed by atoms with Crippen LogP contribution >= 0.6 is 0 Å². The maximum atomic E-state index is 14.3. The van der Waals surface area contributed by atoms with Crippen LogP contribution in [0.1, 0.15) is 17.2 Å². The highest BCUT2D eigenvalue weighted by Gasteiger charge is 2.34. The summed E-state index contributed by atoms with van der Waals surface area (Å²) in [6, 6.07) is 21.9. The van der Waals surface area contributed by atoms with Crippen LogP contribution in [0.3, 0.4) is 0 Å². The zero-order valence-corrected chi connectivity index (χ0v) is 23.9. The summed E-state index contributed by atoms with van der Waals surface area (Å²) in [7, 11) is 3.01. The fourth-order valence-corrected chi connectivity index (χ4v) is 5.02. The predicted molar refractivity (Wildman–Crippen MR) is 158 cm³/mol. The molecule has 1 aliphatic heterocycles. The van der Waals surface area contributed by atoms with Crippen LogP contribution in [0.5, 0.6) is 23.0 Å². The van der Waals surface area contributed by atoms with Gasteiger partial charge in [0.1, 0.15) is 35.4 Å². The lowest BCUT2D eigenvalue weighted by molar-refractivity contribution is -0.140. The second kappa shape index (κ2) is 12.3. The Balaban J connectivity index is 1.42. The van der Waals surface area contributed by atoms with E-state index in [0.29, 0.717) is 50.8 Å². The van der Waals surface area contributed by atoms with Crippen molar-refractivity contribution in [3.05, 3.63) is 102 Å². The van der Waals surface area contributed by atoms with Crippen LogP contribution in [0.4, 0.5) is 10.1 Å². The van der Waals surface area contributed by atoms with Crippen molar-refractivity contribution in [2.24, 2.45) is 0 Å². The van der Waals surface area contributed by atoms with Crippen molar-refractivity contribution >= 4 is 28.5 Å². The number of ether oxygens (including phenoxy) is 4. The maximum Gasteiger partial charge on any atom is 0.251 e. The second-order valence-electron chi connectivity index (χ2n) is 9.95. The zero-order chi connectivity index (χ0) is 30.6. The van der Waals surface area contributed by atoms with E-state index in [-0.39, 0.29) is 19.9 Å². The highest BCUT2D eigenvalue weighted by atomic mass is 19.1. The molecule has 2 amide bonds. The molecule has 1 N–H and O–H groups in total. The van der Waals surface area contributed by atoms with Gasteiger partial charge in [-0.3, -0.25) is 9.59 Å². The Kier molecular flexibility index (Phi) is 7.96. The third-order valence-corrected chi connectivity index (χ3v) is 7.23. The standard InChI is InChI=1S/C32H28FN5O6/c1-41-23-12-13-25(28(16-23)42-2)34-32(40)31(21-9-14-27-29(15-21)44-19-43-27)37(17-20-7-10-22(33)11-8-20)30(39)18-38-26-6-4-3-5-24(26)35-36-38/h3-16,31H,17-19H2,1-2H3,(H,34,40)/t31-/m0/s1. The molecule has 12 heteroatoms. The van der Waals surface area contributed by atoms with Gasteiger partial charge in [0.05, 0.1) is 25.4 Å². The van der Waals surface area contributed by atoms with E-state index < -0.39 is 23.7 Å². The highest BCUT2D eigenvalue weighted by Crippen LogP contribution is 2.37. The minimum absolute atomic E-state index is 0.0159. The molecule has 1 atom stereocenters. The number of nitrogens with zero attached hydrogens (tertiary/aromatic N) is 4. The van der Waals surface area contributed by atoms with Gasteiger partial charge in [0.15, 0.2) is 11.5 Å². The predicted octanol–water partition coefficient (Wildman–Crippen LogP) is 4.73. The number of anilines is 1. The summed E-state index contributed by atoms with van der Waals surface area (Å²) in [5.74, 6) is 0.509. The Labute approximate surface area is 251 Å². The molecule has 0 unspecified atom stereocenters. The number of carbonyl (C=O) groups excluding carboxylic acids is 2. The molecular formula is C32H28FN5O6. The minimum Gasteiger partial charge on any atom is -0.497 e. The quantitative estimate of drug-likeness (QED) is 0.246. The smallest absolute Gasteiger partial charge is 0.251 e. The van der Waals surface area contributed by atoms with Gasteiger partial charge in [0.25, 0.3) is 5.91 Å².